The first-order chi connectivity index (χ1) is 6.20. The van der Waals surface area contributed by atoms with Crippen molar-refractivity contribution < 1.29 is 0 Å². The molecule has 2 aromatic heterocycles. The summed E-state index contributed by atoms with van der Waals surface area (Å²) < 4.78 is 0. The van der Waals surface area contributed by atoms with Gasteiger partial charge < -0.3 is 10.7 Å². The second-order valence-corrected chi connectivity index (χ2v) is 2.38. The van der Waals surface area contributed by atoms with Crippen molar-refractivity contribution in [1.82, 2.24) is 19.9 Å². The molecule has 0 aliphatic heterocycles. The zero-order valence-corrected chi connectivity index (χ0v) is 7.68. The van der Waals surface area contributed by atoms with Gasteiger partial charge in [-0.25, -0.2) is 5.84 Å². The normalized spacial score (nSPS) is 9.79. The summed E-state index contributed by atoms with van der Waals surface area (Å²) in [4.78, 5) is 23.8. The van der Waals surface area contributed by atoms with Crippen LogP contribution in [0.15, 0.2) is 4.79 Å². The molecule has 0 saturated carbocycles. The van der Waals surface area contributed by atoms with Crippen molar-refractivity contribution in [2.24, 2.45) is 5.84 Å². The molecule has 0 fully saturated rings. The molecule has 0 aliphatic carbocycles. The number of nitrogen functional groups attached to an aromatic ring is 2. The molecule has 0 atom stereocenters. The lowest BCUT2D eigenvalue weighted by molar-refractivity contribution is 1.17. The van der Waals surface area contributed by atoms with Crippen molar-refractivity contribution in [2.75, 3.05) is 11.2 Å². The number of nitrogens with one attached hydrogen (secondary N) is 3. The van der Waals surface area contributed by atoms with Gasteiger partial charge in [0.05, 0.1) is 0 Å². The Kier molecular flexibility index (Phi) is 2.58. The maximum Gasteiger partial charge on any atom is 0.278 e. The van der Waals surface area contributed by atoms with Crippen LogP contribution in [0.2, 0.25) is 0 Å². The highest BCUT2D eigenvalue weighted by Crippen LogP contribution is 2.06. The van der Waals surface area contributed by atoms with E-state index in [0.29, 0.717) is 0 Å². The number of imidazole rings is 1. The summed E-state index contributed by atoms with van der Waals surface area (Å²) in [6.07, 6.45) is 0. The van der Waals surface area contributed by atoms with Gasteiger partial charge in [0.2, 0.25) is 11.9 Å². The molecule has 0 amide bonds. The fourth-order valence-corrected chi connectivity index (χ4v) is 0.992. The van der Waals surface area contributed by atoms with E-state index < -0.39 is 0 Å². The molecular weight excluding hydrogens is 210 g/mol. The molecule has 0 saturated heterocycles. The van der Waals surface area contributed by atoms with E-state index in [1.54, 1.807) is 0 Å². The third-order valence-corrected chi connectivity index (χ3v) is 1.52. The van der Waals surface area contributed by atoms with Crippen LogP contribution in [-0.2, 0) is 0 Å². The number of aromatic nitrogens is 4. The van der Waals surface area contributed by atoms with Crippen LogP contribution in [0.25, 0.3) is 11.2 Å². The van der Waals surface area contributed by atoms with Crippen molar-refractivity contribution in [2.45, 2.75) is 0 Å². The molecule has 2 aromatic rings. The summed E-state index contributed by atoms with van der Waals surface area (Å²) in [5.74, 6) is 5.37. The highest BCUT2D eigenvalue weighted by atomic mass is 35.5. The summed E-state index contributed by atoms with van der Waals surface area (Å²) in [6, 6.07) is 0. The predicted molar refractivity (Wildman–Crippen MR) is 54.0 cm³/mol. The van der Waals surface area contributed by atoms with Crippen LogP contribution >= 0.6 is 12.4 Å². The van der Waals surface area contributed by atoms with E-state index in [1.165, 1.54) is 0 Å². The van der Waals surface area contributed by atoms with E-state index in [0.717, 1.165) is 0 Å². The van der Waals surface area contributed by atoms with Crippen molar-refractivity contribution in [3.8, 4) is 0 Å². The van der Waals surface area contributed by atoms with Gasteiger partial charge in [-0.3, -0.25) is 15.2 Å². The molecule has 0 unspecified atom stereocenters. The predicted octanol–water partition coefficient (Wildman–Crippen LogP) is -1.06. The zero-order chi connectivity index (χ0) is 9.42. The highest BCUT2D eigenvalue weighted by molar-refractivity contribution is 5.85. The van der Waals surface area contributed by atoms with Crippen LogP contribution in [0.3, 0.4) is 0 Å². The number of hydrogen-bond donors (Lipinski definition) is 5. The number of rotatable bonds is 1. The SMILES string of the molecule is Cl.NNc1nc2nc(N)[nH]c(=O)c2[nH]1. The van der Waals surface area contributed by atoms with E-state index >= 15 is 0 Å². The quantitative estimate of drug-likeness (QED) is 0.305. The third-order valence-electron chi connectivity index (χ3n) is 1.52. The van der Waals surface area contributed by atoms with Gasteiger partial charge in [-0.2, -0.15) is 9.97 Å². The fourth-order valence-electron chi connectivity index (χ4n) is 0.992. The van der Waals surface area contributed by atoms with Crippen molar-refractivity contribution in [1.29, 1.82) is 0 Å². The van der Waals surface area contributed by atoms with Crippen LogP contribution in [0, 0.1) is 0 Å². The van der Waals surface area contributed by atoms with E-state index in [-0.39, 0.29) is 41.0 Å². The number of nitrogens with two attached hydrogens (primary N) is 2. The molecular formula is C5H8ClN7O. The Hall–Kier alpha value is -1.80. The Morgan fingerprint density at radius 2 is 2.00 bits per heavy atom. The summed E-state index contributed by atoms with van der Waals surface area (Å²) in [5.41, 5.74) is 7.66. The molecule has 0 aromatic carbocycles. The number of anilines is 2. The molecule has 0 bridgehead atoms. The Morgan fingerprint density at radius 1 is 1.29 bits per heavy atom. The van der Waals surface area contributed by atoms with Gasteiger partial charge in [0, 0.05) is 0 Å². The minimum atomic E-state index is -0.378. The maximum absolute atomic E-state index is 11.2. The molecule has 0 radical (unpaired) electrons. The first-order valence-electron chi connectivity index (χ1n) is 3.43. The van der Waals surface area contributed by atoms with Crippen LogP contribution < -0.4 is 22.6 Å². The standard InChI is InChI=1S/C5H7N7O.ClH/c6-4-9-2-1(3(13)11-4)8-5(10-2)12-7;/h7H2,(H5,6,8,9,10,11,12,13);1H. The summed E-state index contributed by atoms with van der Waals surface area (Å²) in [7, 11) is 0. The minimum Gasteiger partial charge on any atom is -0.369 e. The second-order valence-electron chi connectivity index (χ2n) is 2.38. The second kappa shape index (κ2) is 3.52. The molecule has 8 nitrogen and oxygen atoms in total. The van der Waals surface area contributed by atoms with Gasteiger partial charge in [-0.05, 0) is 0 Å². The number of H-pyrrole nitrogens is 2. The zero-order valence-electron chi connectivity index (χ0n) is 6.87. The van der Waals surface area contributed by atoms with Crippen LogP contribution in [0.1, 0.15) is 0 Å². The average Bonchev–Trinajstić information content (AvgIpc) is 2.47. The maximum atomic E-state index is 11.2. The van der Waals surface area contributed by atoms with E-state index in [9.17, 15) is 4.79 Å². The molecule has 14 heavy (non-hydrogen) atoms. The summed E-state index contributed by atoms with van der Waals surface area (Å²) >= 11 is 0. The number of aromatic amines is 2. The fraction of sp³-hybridized carbons (Fsp3) is 0. The molecule has 76 valence electrons. The first kappa shape index (κ1) is 10.3. The van der Waals surface area contributed by atoms with Crippen molar-refractivity contribution >= 4 is 35.5 Å². The lowest BCUT2D eigenvalue weighted by atomic mass is 10.5. The van der Waals surface area contributed by atoms with Gasteiger partial charge in [0.1, 0.15) is 0 Å². The highest BCUT2D eigenvalue weighted by Gasteiger charge is 2.06. The molecule has 0 aliphatic rings. The smallest absolute Gasteiger partial charge is 0.278 e. The number of halogens is 1. The number of nitrogens with zero attached hydrogens (tertiary/aromatic N) is 2. The van der Waals surface area contributed by atoms with E-state index in [4.69, 9.17) is 11.6 Å². The Morgan fingerprint density at radius 3 is 2.64 bits per heavy atom. The Labute approximate surface area is 83.5 Å². The topological polar surface area (TPSA) is 138 Å². The van der Waals surface area contributed by atoms with Crippen LogP contribution in [-0.4, -0.2) is 19.9 Å². The summed E-state index contributed by atoms with van der Waals surface area (Å²) in [5, 5.41) is 0. The lowest BCUT2D eigenvalue weighted by Crippen LogP contribution is -2.11. The minimum absolute atomic E-state index is 0. The Bertz CT molecular complexity index is 502. The van der Waals surface area contributed by atoms with E-state index in [1.807, 2.05) is 0 Å². The van der Waals surface area contributed by atoms with Crippen molar-refractivity contribution in [3.63, 3.8) is 0 Å². The number of hydrogen-bond acceptors (Lipinski definition) is 6. The number of fused-ring (bicyclic) bond motifs is 1. The molecule has 9 heteroatoms. The molecule has 0 spiro atoms. The first-order valence-corrected chi connectivity index (χ1v) is 3.43. The van der Waals surface area contributed by atoms with Gasteiger partial charge in [0.15, 0.2) is 11.2 Å². The Balaban J connectivity index is 0.000000980. The third kappa shape index (κ3) is 1.47. The van der Waals surface area contributed by atoms with Gasteiger partial charge in [-0.15, -0.1) is 12.4 Å². The lowest BCUT2D eigenvalue weighted by Gasteiger charge is -1.89. The molecule has 2 rings (SSSR count). The van der Waals surface area contributed by atoms with Crippen LogP contribution in [0.5, 0.6) is 0 Å². The van der Waals surface area contributed by atoms with E-state index in [2.05, 4.69) is 25.4 Å². The van der Waals surface area contributed by atoms with Gasteiger partial charge >= 0.3 is 0 Å². The van der Waals surface area contributed by atoms with Crippen LogP contribution in [0.4, 0.5) is 11.9 Å². The van der Waals surface area contributed by atoms with Gasteiger partial charge in [-0.1, -0.05) is 0 Å². The van der Waals surface area contributed by atoms with Crippen molar-refractivity contribution in [3.05, 3.63) is 10.4 Å². The molecule has 2 heterocycles. The number of hydrazine groups is 1. The molecule has 7 N–H and O–H groups in total. The largest absolute Gasteiger partial charge is 0.369 e. The monoisotopic (exact) mass is 217 g/mol. The van der Waals surface area contributed by atoms with Gasteiger partial charge in [0.25, 0.3) is 5.56 Å². The summed E-state index contributed by atoms with van der Waals surface area (Å²) in [6.45, 7) is 0. The average molecular weight is 218 g/mol.